The number of ether oxygens (including phenoxy) is 2. The SMILES string of the molecule is CCOCC(C(=O)OC(C)(C)C)(C(C)C)C1CCCC1. The monoisotopic (exact) mass is 284 g/mol. The maximum atomic E-state index is 12.9. The van der Waals surface area contributed by atoms with Gasteiger partial charge in [-0.2, -0.15) is 0 Å². The van der Waals surface area contributed by atoms with E-state index in [-0.39, 0.29) is 11.9 Å². The van der Waals surface area contributed by atoms with Crippen molar-refractivity contribution < 1.29 is 14.3 Å². The lowest BCUT2D eigenvalue weighted by Crippen LogP contribution is -2.49. The van der Waals surface area contributed by atoms with Gasteiger partial charge in [0.15, 0.2) is 0 Å². The van der Waals surface area contributed by atoms with Crippen LogP contribution in [0.25, 0.3) is 0 Å². The molecule has 0 aromatic rings. The molecule has 0 saturated heterocycles. The molecule has 0 aliphatic heterocycles. The Labute approximate surface area is 124 Å². The molecule has 1 aliphatic rings. The molecule has 118 valence electrons. The van der Waals surface area contributed by atoms with Gasteiger partial charge >= 0.3 is 5.97 Å². The minimum Gasteiger partial charge on any atom is -0.459 e. The van der Waals surface area contributed by atoms with Crippen LogP contribution in [0.5, 0.6) is 0 Å². The van der Waals surface area contributed by atoms with Crippen molar-refractivity contribution in [3.05, 3.63) is 0 Å². The van der Waals surface area contributed by atoms with Crippen LogP contribution in [0.4, 0.5) is 0 Å². The van der Waals surface area contributed by atoms with E-state index in [0.29, 0.717) is 19.1 Å². The molecule has 0 spiro atoms. The van der Waals surface area contributed by atoms with Crippen molar-refractivity contribution in [2.75, 3.05) is 13.2 Å². The molecule has 1 unspecified atom stereocenters. The predicted molar refractivity (Wildman–Crippen MR) is 81.6 cm³/mol. The summed E-state index contributed by atoms with van der Waals surface area (Å²) in [4.78, 5) is 12.9. The highest BCUT2D eigenvalue weighted by Gasteiger charge is 2.51. The fourth-order valence-corrected chi connectivity index (χ4v) is 3.30. The number of hydrogen-bond acceptors (Lipinski definition) is 3. The molecule has 0 radical (unpaired) electrons. The molecule has 0 bridgehead atoms. The number of esters is 1. The van der Waals surface area contributed by atoms with Crippen molar-refractivity contribution in [2.24, 2.45) is 17.3 Å². The van der Waals surface area contributed by atoms with Crippen LogP contribution in [0.3, 0.4) is 0 Å². The number of hydrogen-bond donors (Lipinski definition) is 0. The molecule has 3 nitrogen and oxygen atoms in total. The smallest absolute Gasteiger partial charge is 0.315 e. The van der Waals surface area contributed by atoms with E-state index >= 15 is 0 Å². The topological polar surface area (TPSA) is 35.5 Å². The van der Waals surface area contributed by atoms with Crippen molar-refractivity contribution in [1.82, 2.24) is 0 Å². The first-order valence-electron chi connectivity index (χ1n) is 8.05. The second-order valence-corrected chi connectivity index (χ2v) is 7.32. The summed E-state index contributed by atoms with van der Waals surface area (Å²) < 4.78 is 11.5. The molecular weight excluding hydrogens is 252 g/mol. The number of rotatable bonds is 6. The zero-order chi connectivity index (χ0) is 15.4. The molecule has 0 N–H and O–H groups in total. The van der Waals surface area contributed by atoms with Crippen LogP contribution in [0.1, 0.15) is 67.2 Å². The van der Waals surface area contributed by atoms with Crippen LogP contribution >= 0.6 is 0 Å². The van der Waals surface area contributed by atoms with Crippen molar-refractivity contribution in [3.8, 4) is 0 Å². The Morgan fingerprint density at radius 2 is 1.75 bits per heavy atom. The molecular formula is C17H32O3. The van der Waals surface area contributed by atoms with Crippen molar-refractivity contribution >= 4 is 5.97 Å². The first-order chi connectivity index (χ1) is 9.24. The van der Waals surface area contributed by atoms with Gasteiger partial charge in [-0.05, 0) is 52.4 Å². The second-order valence-electron chi connectivity index (χ2n) is 7.32. The lowest BCUT2D eigenvalue weighted by atomic mass is 9.67. The third-order valence-corrected chi connectivity index (χ3v) is 4.44. The molecule has 3 heteroatoms. The van der Waals surface area contributed by atoms with Gasteiger partial charge in [0, 0.05) is 6.61 Å². The van der Waals surface area contributed by atoms with Crippen LogP contribution in [-0.4, -0.2) is 24.8 Å². The van der Waals surface area contributed by atoms with Crippen molar-refractivity contribution in [3.63, 3.8) is 0 Å². The number of carbonyl (C=O) groups is 1. The van der Waals surface area contributed by atoms with Crippen LogP contribution in [0.15, 0.2) is 0 Å². The van der Waals surface area contributed by atoms with Gasteiger partial charge in [0.05, 0.1) is 12.0 Å². The Kier molecular flexibility index (Phi) is 6.06. The summed E-state index contributed by atoms with van der Waals surface area (Å²) >= 11 is 0. The van der Waals surface area contributed by atoms with Gasteiger partial charge in [0.2, 0.25) is 0 Å². The summed E-state index contributed by atoms with van der Waals surface area (Å²) in [6.45, 7) is 13.2. The van der Waals surface area contributed by atoms with E-state index in [1.807, 2.05) is 27.7 Å². The Bertz CT molecular complexity index is 311. The summed E-state index contributed by atoms with van der Waals surface area (Å²) in [6, 6.07) is 0. The largest absolute Gasteiger partial charge is 0.459 e. The normalized spacial score (nSPS) is 20.1. The minimum absolute atomic E-state index is 0.0691. The predicted octanol–water partition coefficient (Wildman–Crippen LogP) is 4.20. The highest BCUT2D eigenvalue weighted by Crippen LogP contribution is 2.46. The van der Waals surface area contributed by atoms with E-state index in [9.17, 15) is 4.79 Å². The van der Waals surface area contributed by atoms with Crippen molar-refractivity contribution in [2.45, 2.75) is 72.8 Å². The summed E-state index contributed by atoms with van der Waals surface area (Å²) in [7, 11) is 0. The molecule has 20 heavy (non-hydrogen) atoms. The molecule has 1 saturated carbocycles. The van der Waals surface area contributed by atoms with Gasteiger partial charge in [-0.1, -0.05) is 26.7 Å². The Morgan fingerprint density at radius 3 is 2.15 bits per heavy atom. The second kappa shape index (κ2) is 6.93. The highest BCUT2D eigenvalue weighted by molar-refractivity contribution is 5.78. The quantitative estimate of drug-likeness (QED) is 0.686. The zero-order valence-electron chi connectivity index (χ0n) is 14.1. The average molecular weight is 284 g/mol. The van der Waals surface area contributed by atoms with E-state index in [1.54, 1.807) is 0 Å². The average Bonchev–Trinajstić information content (AvgIpc) is 2.81. The Balaban J connectivity index is 3.04. The molecule has 0 amide bonds. The first kappa shape index (κ1) is 17.5. The van der Waals surface area contributed by atoms with Gasteiger partial charge < -0.3 is 9.47 Å². The maximum absolute atomic E-state index is 12.9. The lowest BCUT2D eigenvalue weighted by Gasteiger charge is -2.41. The van der Waals surface area contributed by atoms with Crippen LogP contribution in [-0.2, 0) is 14.3 Å². The molecule has 1 aliphatic carbocycles. The standard InChI is InChI=1S/C17H32O3/c1-7-19-12-17(13(2)3,14-10-8-9-11-14)15(18)20-16(4,5)6/h13-14H,7-12H2,1-6H3. The van der Waals surface area contributed by atoms with Crippen LogP contribution < -0.4 is 0 Å². The van der Waals surface area contributed by atoms with Gasteiger partial charge in [-0.25, -0.2) is 0 Å². The molecule has 0 aromatic carbocycles. The van der Waals surface area contributed by atoms with Crippen LogP contribution in [0.2, 0.25) is 0 Å². The zero-order valence-corrected chi connectivity index (χ0v) is 14.1. The summed E-state index contributed by atoms with van der Waals surface area (Å²) in [5.74, 6) is 0.552. The van der Waals surface area contributed by atoms with E-state index in [0.717, 1.165) is 12.8 Å². The fraction of sp³-hybridized carbons (Fsp3) is 0.941. The number of carbonyl (C=O) groups excluding carboxylic acids is 1. The lowest BCUT2D eigenvalue weighted by molar-refractivity contribution is -0.181. The van der Waals surface area contributed by atoms with E-state index < -0.39 is 11.0 Å². The van der Waals surface area contributed by atoms with E-state index in [1.165, 1.54) is 12.8 Å². The van der Waals surface area contributed by atoms with E-state index in [2.05, 4.69) is 13.8 Å². The Hall–Kier alpha value is -0.570. The maximum Gasteiger partial charge on any atom is 0.315 e. The molecule has 1 fully saturated rings. The van der Waals surface area contributed by atoms with Gasteiger partial charge in [0.25, 0.3) is 0 Å². The third-order valence-electron chi connectivity index (χ3n) is 4.44. The summed E-state index contributed by atoms with van der Waals surface area (Å²) in [6.07, 6.45) is 4.66. The summed E-state index contributed by atoms with van der Waals surface area (Å²) in [5.41, 5.74) is -0.929. The molecule has 1 rings (SSSR count). The first-order valence-corrected chi connectivity index (χ1v) is 8.05. The summed E-state index contributed by atoms with van der Waals surface area (Å²) in [5, 5.41) is 0. The third kappa shape index (κ3) is 3.97. The van der Waals surface area contributed by atoms with Gasteiger partial charge in [0.1, 0.15) is 5.60 Å². The van der Waals surface area contributed by atoms with Crippen LogP contribution in [0, 0.1) is 17.3 Å². The minimum atomic E-state index is -0.486. The van der Waals surface area contributed by atoms with E-state index in [4.69, 9.17) is 9.47 Å². The highest BCUT2D eigenvalue weighted by atomic mass is 16.6. The molecule has 0 heterocycles. The van der Waals surface area contributed by atoms with Gasteiger partial charge in [-0.15, -0.1) is 0 Å². The molecule has 1 atom stereocenters. The van der Waals surface area contributed by atoms with Gasteiger partial charge in [-0.3, -0.25) is 4.79 Å². The molecule has 0 aromatic heterocycles. The van der Waals surface area contributed by atoms with Crippen molar-refractivity contribution in [1.29, 1.82) is 0 Å². The fourth-order valence-electron chi connectivity index (χ4n) is 3.30. The Morgan fingerprint density at radius 1 is 1.20 bits per heavy atom.